The van der Waals surface area contributed by atoms with Crippen molar-refractivity contribution in [3.8, 4) is 0 Å². The summed E-state index contributed by atoms with van der Waals surface area (Å²) in [7, 11) is 0. The average molecular weight is 300 g/mol. The van der Waals surface area contributed by atoms with Gasteiger partial charge in [-0.25, -0.2) is 13.8 Å². The van der Waals surface area contributed by atoms with E-state index in [1.54, 1.807) is 6.20 Å². The maximum Gasteiger partial charge on any atom is 0.188 e. The Labute approximate surface area is 117 Å². The fraction of sp³-hybridized carbons (Fsp3) is 0.182. The maximum atomic E-state index is 13.3. The van der Waals surface area contributed by atoms with Gasteiger partial charge in [-0.15, -0.1) is 11.3 Å². The predicted molar refractivity (Wildman–Crippen MR) is 74.2 cm³/mol. The number of halogens is 2. The van der Waals surface area contributed by atoms with Crippen molar-refractivity contribution in [2.45, 2.75) is 6.42 Å². The average Bonchev–Trinajstić information content (AvgIpc) is 2.87. The second-order valence-electron chi connectivity index (χ2n) is 3.52. The molecule has 2 aromatic heterocycles. The fourth-order valence-electron chi connectivity index (χ4n) is 1.36. The van der Waals surface area contributed by atoms with E-state index in [-0.39, 0.29) is 12.1 Å². The van der Waals surface area contributed by atoms with E-state index in [4.69, 9.17) is 12.2 Å². The lowest BCUT2D eigenvalue weighted by Gasteiger charge is -2.08. The van der Waals surface area contributed by atoms with E-state index in [1.165, 1.54) is 17.5 Å². The molecule has 2 heterocycles. The van der Waals surface area contributed by atoms with Crippen LogP contribution < -0.4 is 10.6 Å². The summed E-state index contributed by atoms with van der Waals surface area (Å²) >= 11 is 6.45. The van der Waals surface area contributed by atoms with E-state index >= 15 is 0 Å². The molecule has 100 valence electrons. The number of rotatable bonds is 4. The van der Waals surface area contributed by atoms with Gasteiger partial charge in [0.25, 0.3) is 0 Å². The molecular formula is C11H10F2N4S2. The molecule has 19 heavy (non-hydrogen) atoms. The van der Waals surface area contributed by atoms with Gasteiger partial charge < -0.3 is 10.6 Å². The summed E-state index contributed by atoms with van der Waals surface area (Å²) in [6, 6.07) is 0.987. The van der Waals surface area contributed by atoms with Crippen molar-refractivity contribution < 1.29 is 8.78 Å². The number of aromatic nitrogens is 2. The van der Waals surface area contributed by atoms with Gasteiger partial charge in [0.1, 0.15) is 0 Å². The van der Waals surface area contributed by atoms with Crippen molar-refractivity contribution in [2.75, 3.05) is 11.9 Å². The van der Waals surface area contributed by atoms with Gasteiger partial charge in [0, 0.05) is 30.7 Å². The highest BCUT2D eigenvalue weighted by atomic mass is 32.1. The zero-order valence-corrected chi connectivity index (χ0v) is 11.3. The maximum absolute atomic E-state index is 13.3. The van der Waals surface area contributed by atoms with Gasteiger partial charge in [-0.1, -0.05) is 0 Å². The molecule has 2 aromatic rings. The first-order valence-electron chi connectivity index (χ1n) is 5.40. The quantitative estimate of drug-likeness (QED) is 0.849. The Balaban J connectivity index is 1.80. The van der Waals surface area contributed by atoms with E-state index < -0.39 is 11.6 Å². The van der Waals surface area contributed by atoms with Crippen LogP contribution in [0.2, 0.25) is 0 Å². The van der Waals surface area contributed by atoms with E-state index in [2.05, 4.69) is 20.6 Å². The van der Waals surface area contributed by atoms with Crippen LogP contribution in [-0.4, -0.2) is 21.6 Å². The normalized spacial score (nSPS) is 10.2. The van der Waals surface area contributed by atoms with Crippen LogP contribution in [0.15, 0.2) is 23.8 Å². The van der Waals surface area contributed by atoms with Gasteiger partial charge in [-0.3, -0.25) is 4.98 Å². The first-order chi connectivity index (χ1) is 9.16. The van der Waals surface area contributed by atoms with E-state index in [0.717, 1.165) is 6.07 Å². The Hall–Kier alpha value is -1.67. The minimum atomic E-state index is -0.914. The summed E-state index contributed by atoms with van der Waals surface area (Å²) in [6.45, 7) is 0.352. The molecule has 2 rings (SSSR count). The second-order valence-corrected chi connectivity index (χ2v) is 4.82. The van der Waals surface area contributed by atoms with Crippen LogP contribution in [0.3, 0.4) is 0 Å². The Kier molecular flexibility index (Phi) is 4.69. The Morgan fingerprint density at radius 2 is 2.16 bits per heavy atom. The van der Waals surface area contributed by atoms with Crippen molar-refractivity contribution in [3.63, 3.8) is 0 Å². The molecule has 0 aromatic carbocycles. The van der Waals surface area contributed by atoms with Gasteiger partial charge >= 0.3 is 0 Å². The minimum Gasteiger partial charge on any atom is -0.362 e. The highest BCUT2D eigenvalue weighted by Gasteiger charge is 2.08. The first-order valence-corrected chi connectivity index (χ1v) is 6.69. The van der Waals surface area contributed by atoms with Crippen LogP contribution in [0.25, 0.3) is 0 Å². The summed E-state index contributed by atoms with van der Waals surface area (Å²) < 4.78 is 26.2. The third kappa shape index (κ3) is 3.90. The van der Waals surface area contributed by atoms with Crippen LogP contribution in [0, 0.1) is 11.6 Å². The summed E-state index contributed by atoms with van der Waals surface area (Å²) in [5.74, 6) is -1.81. The first kappa shape index (κ1) is 13.8. The van der Waals surface area contributed by atoms with Crippen LogP contribution in [-0.2, 0) is 6.42 Å². The van der Waals surface area contributed by atoms with Crippen molar-refractivity contribution in [1.82, 2.24) is 15.3 Å². The zero-order chi connectivity index (χ0) is 13.7. The highest BCUT2D eigenvalue weighted by Crippen LogP contribution is 2.10. The lowest BCUT2D eigenvalue weighted by atomic mass is 10.2. The second kappa shape index (κ2) is 6.48. The number of thiazole rings is 1. The third-order valence-corrected chi connectivity index (χ3v) is 3.15. The molecule has 2 N–H and O–H groups in total. The smallest absolute Gasteiger partial charge is 0.188 e. The van der Waals surface area contributed by atoms with Gasteiger partial charge in [0.2, 0.25) is 0 Å². The molecule has 0 amide bonds. The van der Waals surface area contributed by atoms with Crippen molar-refractivity contribution in [3.05, 3.63) is 41.2 Å². The molecule has 0 radical (unpaired) electrons. The molecule has 0 saturated heterocycles. The Morgan fingerprint density at radius 3 is 2.89 bits per heavy atom. The molecule has 0 fully saturated rings. The molecule has 4 nitrogen and oxygen atoms in total. The van der Waals surface area contributed by atoms with Gasteiger partial charge in [0.05, 0.1) is 5.69 Å². The summed E-state index contributed by atoms with van der Waals surface area (Å²) in [5.41, 5.74) is 0.0737. The predicted octanol–water partition coefficient (Wildman–Crippen LogP) is 2.35. The Morgan fingerprint density at radius 1 is 1.32 bits per heavy atom. The minimum absolute atomic E-state index is 0.0737. The molecule has 0 saturated carbocycles. The fourth-order valence-corrected chi connectivity index (χ4v) is 2.15. The summed E-state index contributed by atoms with van der Waals surface area (Å²) in [4.78, 5) is 7.79. The largest absolute Gasteiger partial charge is 0.362 e. The van der Waals surface area contributed by atoms with Gasteiger partial charge in [0.15, 0.2) is 21.9 Å². The number of thiocarbonyl (C=S) groups is 1. The van der Waals surface area contributed by atoms with Crippen LogP contribution in [0.5, 0.6) is 0 Å². The van der Waals surface area contributed by atoms with Crippen LogP contribution in [0.4, 0.5) is 13.9 Å². The monoisotopic (exact) mass is 300 g/mol. The van der Waals surface area contributed by atoms with Gasteiger partial charge in [-0.05, 0) is 18.3 Å². The van der Waals surface area contributed by atoms with Crippen LogP contribution >= 0.6 is 23.6 Å². The number of pyridine rings is 1. The lowest BCUT2D eigenvalue weighted by Crippen LogP contribution is -2.30. The van der Waals surface area contributed by atoms with Crippen molar-refractivity contribution >= 4 is 33.8 Å². The van der Waals surface area contributed by atoms with Gasteiger partial charge in [-0.2, -0.15) is 0 Å². The molecule has 0 aliphatic carbocycles. The molecule has 8 heteroatoms. The third-order valence-electron chi connectivity index (χ3n) is 2.21. The van der Waals surface area contributed by atoms with E-state index in [0.29, 0.717) is 16.8 Å². The van der Waals surface area contributed by atoms with E-state index in [9.17, 15) is 8.78 Å². The molecule has 0 spiro atoms. The SMILES string of the molecule is Fc1ccnc(CCNC(=S)Nc2nccs2)c1F. The van der Waals surface area contributed by atoms with Crippen molar-refractivity contribution in [2.24, 2.45) is 0 Å². The molecule has 0 unspecified atom stereocenters. The van der Waals surface area contributed by atoms with Crippen molar-refractivity contribution in [1.29, 1.82) is 0 Å². The molecule has 0 aliphatic heterocycles. The molecule has 0 atom stereocenters. The number of nitrogens with one attached hydrogen (secondary N) is 2. The Bertz CT molecular complexity index is 560. The standard InChI is InChI=1S/C11H10F2N4S2/c12-7-1-3-14-8(9(7)13)2-4-15-10(18)17-11-16-5-6-19-11/h1,3,5-6H,2,4H2,(H2,15,16,17,18). The van der Waals surface area contributed by atoms with E-state index in [1.807, 2.05) is 5.38 Å². The number of hydrogen-bond donors (Lipinski definition) is 2. The lowest BCUT2D eigenvalue weighted by molar-refractivity contribution is 0.491. The highest BCUT2D eigenvalue weighted by molar-refractivity contribution is 7.80. The molecule has 0 aliphatic rings. The molecular weight excluding hydrogens is 290 g/mol. The topological polar surface area (TPSA) is 49.8 Å². The molecule has 0 bridgehead atoms. The zero-order valence-electron chi connectivity index (χ0n) is 9.69. The number of anilines is 1. The summed E-state index contributed by atoms with van der Waals surface area (Å²) in [5, 5.41) is 8.62. The summed E-state index contributed by atoms with van der Waals surface area (Å²) in [6.07, 6.45) is 3.13. The number of nitrogens with zero attached hydrogens (tertiary/aromatic N) is 2. The van der Waals surface area contributed by atoms with Crippen LogP contribution in [0.1, 0.15) is 5.69 Å². The number of hydrogen-bond acceptors (Lipinski definition) is 4.